The molecule has 1 aromatic rings. The van der Waals surface area contributed by atoms with Gasteiger partial charge in [0, 0.05) is 0 Å². The Balaban J connectivity index is 2.83. The minimum atomic E-state index is -0.337. The average molecular weight is 331 g/mol. The maximum absolute atomic E-state index is 12.0. The summed E-state index contributed by atoms with van der Waals surface area (Å²) in [5.41, 5.74) is 0. The third kappa shape index (κ3) is 4.42. The molecule has 5 heteroatoms. The number of hydrogen-bond acceptors (Lipinski definition) is 4. The number of para-hydroxylation sites is 1. The van der Waals surface area contributed by atoms with E-state index in [1.165, 1.54) is 14.2 Å². The fraction of sp³-hybridized carbons (Fsp3) is 0.500. The van der Waals surface area contributed by atoms with Gasteiger partial charge in [0.1, 0.15) is 4.83 Å². The Labute approximate surface area is 122 Å². The number of hydrogen-bond donors (Lipinski definition) is 0. The lowest BCUT2D eigenvalue weighted by atomic mass is 10.2. The number of halogens is 1. The van der Waals surface area contributed by atoms with Gasteiger partial charge in [-0.05, 0) is 18.6 Å². The first-order chi connectivity index (χ1) is 9.13. The zero-order valence-corrected chi connectivity index (χ0v) is 13.0. The number of methoxy groups -OCH3 is 2. The minimum absolute atomic E-state index is 0.318. The van der Waals surface area contributed by atoms with E-state index >= 15 is 0 Å². The lowest BCUT2D eigenvalue weighted by Gasteiger charge is -2.14. The van der Waals surface area contributed by atoms with Crippen molar-refractivity contribution in [1.29, 1.82) is 0 Å². The minimum Gasteiger partial charge on any atom is -0.493 e. The highest BCUT2D eigenvalue weighted by atomic mass is 79.9. The molecular weight excluding hydrogens is 312 g/mol. The highest BCUT2D eigenvalue weighted by molar-refractivity contribution is 9.10. The van der Waals surface area contributed by atoms with Crippen molar-refractivity contribution in [2.75, 3.05) is 14.2 Å². The predicted molar refractivity (Wildman–Crippen MR) is 77.4 cm³/mol. The van der Waals surface area contributed by atoms with E-state index in [1.807, 2.05) is 0 Å². The van der Waals surface area contributed by atoms with E-state index in [1.54, 1.807) is 18.2 Å². The first-order valence-corrected chi connectivity index (χ1v) is 7.12. The second-order valence-corrected chi connectivity index (χ2v) is 5.13. The van der Waals surface area contributed by atoms with E-state index in [4.69, 9.17) is 14.2 Å². The van der Waals surface area contributed by atoms with Gasteiger partial charge in [-0.2, -0.15) is 0 Å². The molecule has 0 aliphatic rings. The summed E-state index contributed by atoms with van der Waals surface area (Å²) in [6.45, 7) is 2.08. The predicted octanol–water partition coefficient (Wildman–Crippen LogP) is 3.56. The van der Waals surface area contributed by atoms with Gasteiger partial charge in [-0.1, -0.05) is 41.8 Å². The number of esters is 1. The Morgan fingerprint density at radius 1 is 1.26 bits per heavy atom. The van der Waals surface area contributed by atoms with Crippen molar-refractivity contribution >= 4 is 21.9 Å². The number of unbranched alkanes of at least 4 members (excludes halogenated alkanes) is 1. The maximum Gasteiger partial charge on any atom is 0.325 e. The Morgan fingerprint density at radius 2 is 1.84 bits per heavy atom. The van der Waals surface area contributed by atoms with Crippen molar-refractivity contribution in [3.05, 3.63) is 18.2 Å². The van der Waals surface area contributed by atoms with Crippen LogP contribution in [0.2, 0.25) is 0 Å². The standard InChI is InChI=1S/C14H19BrO4/c1-4-5-7-10(15)14(16)19-13-11(17-2)8-6-9-12(13)18-3/h6,8-10H,4-5,7H2,1-3H3/t10-/m0/s1. The highest BCUT2D eigenvalue weighted by Gasteiger charge is 2.21. The van der Waals surface area contributed by atoms with Gasteiger partial charge >= 0.3 is 5.97 Å². The van der Waals surface area contributed by atoms with Gasteiger partial charge in [0.25, 0.3) is 0 Å². The van der Waals surface area contributed by atoms with Crippen molar-refractivity contribution < 1.29 is 19.0 Å². The Kier molecular flexibility index (Phi) is 6.70. The van der Waals surface area contributed by atoms with Crippen LogP contribution >= 0.6 is 15.9 Å². The number of ether oxygens (including phenoxy) is 3. The summed E-state index contributed by atoms with van der Waals surface area (Å²) in [7, 11) is 3.05. The van der Waals surface area contributed by atoms with Gasteiger partial charge in [-0.15, -0.1) is 0 Å². The second kappa shape index (κ2) is 8.04. The van der Waals surface area contributed by atoms with E-state index < -0.39 is 0 Å². The molecule has 0 saturated carbocycles. The number of benzene rings is 1. The van der Waals surface area contributed by atoms with Crippen LogP contribution in [0, 0.1) is 0 Å². The lowest BCUT2D eigenvalue weighted by molar-refractivity contribution is -0.133. The number of rotatable bonds is 7. The van der Waals surface area contributed by atoms with Gasteiger partial charge in [0.15, 0.2) is 11.5 Å². The van der Waals surface area contributed by atoms with Crippen LogP contribution in [0.3, 0.4) is 0 Å². The second-order valence-electron chi connectivity index (χ2n) is 4.02. The van der Waals surface area contributed by atoms with Crippen LogP contribution in [0.5, 0.6) is 17.2 Å². The topological polar surface area (TPSA) is 44.8 Å². The van der Waals surface area contributed by atoms with Crippen molar-refractivity contribution in [2.45, 2.75) is 31.0 Å². The molecule has 0 aromatic heterocycles. The van der Waals surface area contributed by atoms with E-state index in [-0.39, 0.29) is 10.8 Å². The van der Waals surface area contributed by atoms with Crippen molar-refractivity contribution in [1.82, 2.24) is 0 Å². The van der Waals surface area contributed by atoms with Crippen LogP contribution in [0.1, 0.15) is 26.2 Å². The van der Waals surface area contributed by atoms with Crippen molar-refractivity contribution in [3.8, 4) is 17.2 Å². The molecule has 0 spiro atoms. The summed E-state index contributed by atoms with van der Waals surface area (Å²) in [5, 5.41) is 0. The van der Waals surface area contributed by atoms with Gasteiger partial charge < -0.3 is 14.2 Å². The highest BCUT2D eigenvalue weighted by Crippen LogP contribution is 2.37. The first-order valence-electron chi connectivity index (χ1n) is 6.20. The summed E-state index contributed by atoms with van der Waals surface area (Å²) in [5.74, 6) is 0.931. The lowest BCUT2D eigenvalue weighted by Crippen LogP contribution is -2.20. The van der Waals surface area contributed by atoms with Crippen LogP contribution < -0.4 is 14.2 Å². The van der Waals surface area contributed by atoms with Crippen LogP contribution in [-0.2, 0) is 4.79 Å². The summed E-state index contributed by atoms with van der Waals surface area (Å²) < 4.78 is 15.7. The van der Waals surface area contributed by atoms with E-state index in [9.17, 15) is 4.79 Å². The molecule has 0 N–H and O–H groups in total. The first kappa shape index (κ1) is 15.8. The van der Waals surface area contributed by atoms with Crippen LogP contribution in [0.4, 0.5) is 0 Å². The Morgan fingerprint density at radius 3 is 2.32 bits per heavy atom. The van der Waals surface area contributed by atoms with E-state index in [0.29, 0.717) is 17.2 Å². The molecule has 106 valence electrons. The number of alkyl halides is 1. The van der Waals surface area contributed by atoms with Gasteiger partial charge in [-0.3, -0.25) is 4.79 Å². The van der Waals surface area contributed by atoms with E-state index in [2.05, 4.69) is 22.9 Å². The zero-order chi connectivity index (χ0) is 14.3. The molecule has 0 amide bonds. The third-order valence-corrected chi connectivity index (χ3v) is 3.48. The largest absolute Gasteiger partial charge is 0.493 e. The summed E-state index contributed by atoms with van der Waals surface area (Å²) in [6, 6.07) is 5.22. The molecule has 0 aliphatic heterocycles. The fourth-order valence-electron chi connectivity index (χ4n) is 1.58. The molecule has 0 fully saturated rings. The molecular formula is C14H19BrO4. The zero-order valence-electron chi connectivity index (χ0n) is 11.4. The summed E-state index contributed by atoms with van der Waals surface area (Å²) in [4.78, 5) is 11.7. The average Bonchev–Trinajstić information content (AvgIpc) is 2.44. The molecule has 1 aromatic carbocycles. The van der Waals surface area contributed by atoms with Crippen LogP contribution in [-0.4, -0.2) is 25.0 Å². The third-order valence-electron chi connectivity index (χ3n) is 2.65. The molecule has 0 bridgehead atoms. The molecule has 1 rings (SSSR count). The SMILES string of the molecule is CCCC[C@H](Br)C(=O)Oc1c(OC)cccc1OC. The maximum atomic E-state index is 12.0. The Hall–Kier alpha value is -1.23. The molecule has 0 unspecified atom stereocenters. The smallest absolute Gasteiger partial charge is 0.325 e. The van der Waals surface area contributed by atoms with Crippen molar-refractivity contribution in [2.24, 2.45) is 0 Å². The van der Waals surface area contributed by atoms with Gasteiger partial charge in [-0.25, -0.2) is 0 Å². The quantitative estimate of drug-likeness (QED) is 0.435. The molecule has 0 saturated heterocycles. The molecule has 1 atom stereocenters. The van der Waals surface area contributed by atoms with Crippen LogP contribution in [0.15, 0.2) is 18.2 Å². The number of carbonyl (C=O) groups is 1. The summed E-state index contributed by atoms with van der Waals surface area (Å²) in [6.07, 6.45) is 2.74. The van der Waals surface area contributed by atoms with Crippen LogP contribution in [0.25, 0.3) is 0 Å². The molecule has 19 heavy (non-hydrogen) atoms. The molecule has 0 radical (unpaired) electrons. The van der Waals surface area contributed by atoms with Gasteiger partial charge in [0.2, 0.25) is 5.75 Å². The molecule has 0 heterocycles. The van der Waals surface area contributed by atoms with E-state index in [0.717, 1.165) is 19.3 Å². The number of carbonyl (C=O) groups excluding carboxylic acids is 1. The monoisotopic (exact) mass is 330 g/mol. The normalized spacial score (nSPS) is 11.8. The Bertz CT molecular complexity index is 398. The summed E-state index contributed by atoms with van der Waals surface area (Å²) >= 11 is 3.34. The van der Waals surface area contributed by atoms with Crippen molar-refractivity contribution in [3.63, 3.8) is 0 Å². The van der Waals surface area contributed by atoms with Gasteiger partial charge in [0.05, 0.1) is 14.2 Å². The molecule has 4 nitrogen and oxygen atoms in total. The molecule has 0 aliphatic carbocycles. The fourth-order valence-corrected chi connectivity index (χ4v) is 2.00.